The molecule has 0 saturated heterocycles. The smallest absolute Gasteiger partial charge is 0.123 e. The molecule has 0 aliphatic heterocycles. The Morgan fingerprint density at radius 1 is 1.39 bits per heavy atom. The van der Waals surface area contributed by atoms with Gasteiger partial charge in [0.1, 0.15) is 5.82 Å². The molecular formula is C15H24FNO. The fourth-order valence-electron chi connectivity index (χ4n) is 1.79. The molecule has 1 aromatic carbocycles. The summed E-state index contributed by atoms with van der Waals surface area (Å²) >= 11 is 0. The molecule has 0 amide bonds. The standard InChI is InChI=1S/C15H24FNO/c1-12(13-6-5-7-14(16)10-13)17-11-15(2,3)8-9-18-4/h5-7,10,12,17H,8-9,11H2,1-4H3. The predicted molar refractivity (Wildman–Crippen MR) is 73.1 cm³/mol. The van der Waals surface area contributed by atoms with Gasteiger partial charge in [0.25, 0.3) is 0 Å². The molecule has 0 aromatic heterocycles. The molecule has 0 radical (unpaired) electrons. The van der Waals surface area contributed by atoms with E-state index in [1.807, 2.05) is 6.07 Å². The number of hydrogen-bond donors (Lipinski definition) is 1. The van der Waals surface area contributed by atoms with Gasteiger partial charge in [0.15, 0.2) is 0 Å². The Kier molecular flexibility index (Phi) is 5.76. The number of benzene rings is 1. The van der Waals surface area contributed by atoms with E-state index in [2.05, 4.69) is 26.1 Å². The summed E-state index contributed by atoms with van der Waals surface area (Å²) in [6, 6.07) is 6.91. The Morgan fingerprint density at radius 3 is 2.72 bits per heavy atom. The van der Waals surface area contributed by atoms with E-state index >= 15 is 0 Å². The second kappa shape index (κ2) is 6.86. The molecule has 0 aliphatic carbocycles. The second-order valence-electron chi connectivity index (χ2n) is 5.56. The first-order chi connectivity index (χ1) is 8.44. The van der Waals surface area contributed by atoms with Gasteiger partial charge in [-0.15, -0.1) is 0 Å². The van der Waals surface area contributed by atoms with Crippen molar-refractivity contribution in [2.75, 3.05) is 20.3 Å². The average Bonchev–Trinajstić information content (AvgIpc) is 2.34. The molecule has 0 saturated carbocycles. The van der Waals surface area contributed by atoms with Crippen LogP contribution in [0, 0.1) is 11.2 Å². The first kappa shape index (κ1) is 15.1. The summed E-state index contributed by atoms with van der Waals surface area (Å²) in [4.78, 5) is 0. The van der Waals surface area contributed by atoms with Gasteiger partial charge in [-0.25, -0.2) is 4.39 Å². The lowest BCUT2D eigenvalue weighted by molar-refractivity contribution is 0.149. The Labute approximate surface area is 110 Å². The van der Waals surface area contributed by atoms with Crippen molar-refractivity contribution in [3.63, 3.8) is 0 Å². The van der Waals surface area contributed by atoms with E-state index < -0.39 is 0 Å². The van der Waals surface area contributed by atoms with Crippen molar-refractivity contribution in [2.45, 2.75) is 33.2 Å². The maximum atomic E-state index is 13.1. The lowest BCUT2D eigenvalue weighted by atomic mass is 9.89. The molecule has 1 aromatic rings. The van der Waals surface area contributed by atoms with E-state index in [4.69, 9.17) is 4.74 Å². The zero-order chi connectivity index (χ0) is 13.6. The number of methoxy groups -OCH3 is 1. The van der Waals surface area contributed by atoms with E-state index in [0.29, 0.717) is 0 Å². The highest BCUT2D eigenvalue weighted by molar-refractivity contribution is 5.19. The van der Waals surface area contributed by atoms with Crippen LogP contribution in [-0.2, 0) is 4.74 Å². The third kappa shape index (κ3) is 5.15. The van der Waals surface area contributed by atoms with Crippen LogP contribution < -0.4 is 5.32 Å². The first-order valence-corrected chi connectivity index (χ1v) is 6.42. The second-order valence-corrected chi connectivity index (χ2v) is 5.56. The normalized spacial score (nSPS) is 13.6. The largest absolute Gasteiger partial charge is 0.385 e. The Bertz CT molecular complexity index is 365. The molecule has 0 fully saturated rings. The van der Waals surface area contributed by atoms with Crippen LogP contribution in [0.25, 0.3) is 0 Å². The monoisotopic (exact) mass is 253 g/mol. The van der Waals surface area contributed by atoms with Crippen LogP contribution >= 0.6 is 0 Å². The van der Waals surface area contributed by atoms with Crippen LogP contribution in [0.4, 0.5) is 4.39 Å². The van der Waals surface area contributed by atoms with Gasteiger partial charge >= 0.3 is 0 Å². The van der Waals surface area contributed by atoms with Gasteiger partial charge in [-0.1, -0.05) is 26.0 Å². The van der Waals surface area contributed by atoms with E-state index in [-0.39, 0.29) is 17.3 Å². The average molecular weight is 253 g/mol. The van der Waals surface area contributed by atoms with E-state index in [9.17, 15) is 4.39 Å². The highest BCUT2D eigenvalue weighted by Gasteiger charge is 2.18. The van der Waals surface area contributed by atoms with Crippen molar-refractivity contribution in [3.05, 3.63) is 35.6 Å². The number of ether oxygens (including phenoxy) is 1. The van der Waals surface area contributed by atoms with Gasteiger partial charge in [0, 0.05) is 26.3 Å². The van der Waals surface area contributed by atoms with Gasteiger partial charge in [-0.2, -0.15) is 0 Å². The van der Waals surface area contributed by atoms with E-state index in [1.165, 1.54) is 6.07 Å². The Hall–Kier alpha value is -0.930. The van der Waals surface area contributed by atoms with Crippen LogP contribution in [0.5, 0.6) is 0 Å². The van der Waals surface area contributed by atoms with Crippen LogP contribution in [-0.4, -0.2) is 20.3 Å². The van der Waals surface area contributed by atoms with Gasteiger partial charge in [0.2, 0.25) is 0 Å². The number of halogens is 1. The maximum absolute atomic E-state index is 13.1. The highest BCUT2D eigenvalue weighted by Crippen LogP contribution is 2.21. The predicted octanol–water partition coefficient (Wildman–Crippen LogP) is 3.54. The summed E-state index contributed by atoms with van der Waals surface area (Å²) in [5.41, 5.74) is 1.16. The van der Waals surface area contributed by atoms with E-state index in [0.717, 1.165) is 25.1 Å². The van der Waals surface area contributed by atoms with Gasteiger partial charge in [-0.3, -0.25) is 0 Å². The van der Waals surface area contributed by atoms with Crippen LogP contribution in [0.1, 0.15) is 38.8 Å². The van der Waals surface area contributed by atoms with Crippen LogP contribution in [0.2, 0.25) is 0 Å². The first-order valence-electron chi connectivity index (χ1n) is 6.42. The number of rotatable bonds is 7. The number of hydrogen-bond acceptors (Lipinski definition) is 2. The molecule has 1 unspecified atom stereocenters. The SMILES string of the molecule is COCCC(C)(C)CNC(C)c1cccc(F)c1. The molecule has 2 nitrogen and oxygen atoms in total. The quantitative estimate of drug-likeness (QED) is 0.802. The summed E-state index contributed by atoms with van der Waals surface area (Å²) in [6.45, 7) is 8.12. The zero-order valence-electron chi connectivity index (χ0n) is 11.8. The molecule has 0 spiro atoms. The fraction of sp³-hybridized carbons (Fsp3) is 0.600. The molecular weight excluding hydrogens is 229 g/mol. The summed E-state index contributed by atoms with van der Waals surface area (Å²) in [5, 5.41) is 3.45. The summed E-state index contributed by atoms with van der Waals surface area (Å²) in [6.07, 6.45) is 1.01. The highest BCUT2D eigenvalue weighted by atomic mass is 19.1. The molecule has 3 heteroatoms. The topological polar surface area (TPSA) is 21.3 Å². The third-order valence-corrected chi connectivity index (χ3v) is 3.22. The van der Waals surface area contributed by atoms with Gasteiger partial charge in [0.05, 0.1) is 0 Å². The zero-order valence-corrected chi connectivity index (χ0v) is 11.8. The minimum Gasteiger partial charge on any atom is -0.385 e. The molecule has 1 rings (SSSR count). The van der Waals surface area contributed by atoms with E-state index in [1.54, 1.807) is 19.2 Å². The fourth-order valence-corrected chi connectivity index (χ4v) is 1.79. The molecule has 1 atom stereocenters. The van der Waals surface area contributed by atoms with Crippen molar-refractivity contribution in [3.8, 4) is 0 Å². The van der Waals surface area contributed by atoms with Crippen molar-refractivity contribution in [2.24, 2.45) is 5.41 Å². The lowest BCUT2D eigenvalue weighted by Crippen LogP contribution is -2.32. The molecule has 0 bridgehead atoms. The van der Waals surface area contributed by atoms with Crippen molar-refractivity contribution < 1.29 is 9.13 Å². The maximum Gasteiger partial charge on any atom is 0.123 e. The Morgan fingerprint density at radius 2 is 2.11 bits per heavy atom. The minimum absolute atomic E-state index is 0.155. The molecule has 0 heterocycles. The number of nitrogens with one attached hydrogen (secondary N) is 1. The molecule has 18 heavy (non-hydrogen) atoms. The van der Waals surface area contributed by atoms with Gasteiger partial charge < -0.3 is 10.1 Å². The summed E-state index contributed by atoms with van der Waals surface area (Å²) in [7, 11) is 1.72. The van der Waals surface area contributed by atoms with Gasteiger partial charge in [-0.05, 0) is 36.5 Å². The van der Waals surface area contributed by atoms with Crippen LogP contribution in [0.15, 0.2) is 24.3 Å². The Balaban J connectivity index is 2.48. The molecule has 1 N–H and O–H groups in total. The van der Waals surface area contributed by atoms with Crippen molar-refractivity contribution in [1.82, 2.24) is 5.32 Å². The summed E-state index contributed by atoms with van der Waals surface area (Å²) < 4.78 is 18.2. The summed E-state index contributed by atoms with van der Waals surface area (Å²) in [5.74, 6) is -0.181. The third-order valence-electron chi connectivity index (χ3n) is 3.22. The minimum atomic E-state index is -0.181. The van der Waals surface area contributed by atoms with Crippen molar-refractivity contribution in [1.29, 1.82) is 0 Å². The molecule has 102 valence electrons. The van der Waals surface area contributed by atoms with Crippen LogP contribution in [0.3, 0.4) is 0 Å². The molecule has 0 aliphatic rings. The van der Waals surface area contributed by atoms with Crippen molar-refractivity contribution >= 4 is 0 Å². The lowest BCUT2D eigenvalue weighted by Gasteiger charge is -2.27.